The molecule has 0 spiro atoms. The molecule has 4 rings (SSSR count). The van der Waals surface area contributed by atoms with Gasteiger partial charge in [-0.1, -0.05) is 72.4 Å². The van der Waals surface area contributed by atoms with E-state index in [-0.39, 0.29) is 18.3 Å². The molecular weight excluding hydrogens is 492 g/mol. The van der Waals surface area contributed by atoms with Crippen molar-refractivity contribution in [2.45, 2.75) is 25.5 Å². The zero-order valence-electron chi connectivity index (χ0n) is 20.1. The number of esters is 1. The third-order valence-corrected chi connectivity index (χ3v) is 7.22. The molecule has 0 saturated heterocycles. The quantitative estimate of drug-likeness (QED) is 0.156. The van der Waals surface area contributed by atoms with Gasteiger partial charge in [0.05, 0.1) is 12.4 Å². The summed E-state index contributed by atoms with van der Waals surface area (Å²) in [6.07, 6.45) is 1.78. The number of thioether (sulfide) groups is 1. The van der Waals surface area contributed by atoms with Crippen LogP contribution in [0.25, 0.3) is 22.5 Å². The lowest BCUT2D eigenvalue weighted by Gasteiger charge is -2.10. The van der Waals surface area contributed by atoms with Gasteiger partial charge in [-0.3, -0.25) is 9.36 Å². The highest BCUT2D eigenvalue weighted by Crippen LogP contribution is 2.36. The number of benzene rings is 2. The molecule has 0 aliphatic rings. The molecule has 2 heterocycles. The molecule has 0 aliphatic heterocycles. The van der Waals surface area contributed by atoms with E-state index in [4.69, 9.17) is 4.74 Å². The average Bonchev–Trinajstić information content (AvgIpc) is 3.48. The first-order chi connectivity index (χ1) is 17.5. The smallest absolute Gasteiger partial charge is 0.341 e. The molecule has 0 unspecified atom stereocenters. The minimum atomic E-state index is -0.464. The Balaban J connectivity index is 1.53. The number of amides is 1. The molecule has 184 valence electrons. The summed E-state index contributed by atoms with van der Waals surface area (Å²) in [5.74, 6) is 0.113. The largest absolute Gasteiger partial charge is 0.462 e. The van der Waals surface area contributed by atoms with Gasteiger partial charge in [-0.2, -0.15) is 0 Å². The van der Waals surface area contributed by atoms with Crippen molar-refractivity contribution in [3.8, 4) is 22.5 Å². The van der Waals surface area contributed by atoms with E-state index in [1.807, 2.05) is 71.5 Å². The van der Waals surface area contributed by atoms with Gasteiger partial charge in [0.1, 0.15) is 10.6 Å². The third-order valence-electron chi connectivity index (χ3n) is 5.36. The second kappa shape index (κ2) is 11.8. The van der Waals surface area contributed by atoms with Crippen molar-refractivity contribution in [2.24, 2.45) is 0 Å². The monoisotopic (exact) mass is 518 g/mol. The maximum Gasteiger partial charge on any atom is 0.341 e. The molecule has 1 amide bonds. The Labute approximate surface area is 218 Å². The van der Waals surface area contributed by atoms with Crippen LogP contribution in [0.3, 0.4) is 0 Å². The summed E-state index contributed by atoms with van der Waals surface area (Å²) in [7, 11) is 0. The van der Waals surface area contributed by atoms with E-state index in [1.54, 1.807) is 13.0 Å². The van der Waals surface area contributed by atoms with Gasteiger partial charge in [-0.15, -0.1) is 28.1 Å². The Morgan fingerprint density at radius 1 is 1.11 bits per heavy atom. The average molecular weight is 519 g/mol. The van der Waals surface area contributed by atoms with E-state index in [0.717, 1.165) is 28.1 Å². The Kier molecular flexibility index (Phi) is 8.35. The van der Waals surface area contributed by atoms with E-state index >= 15 is 0 Å². The number of nitrogens with zero attached hydrogens (tertiary/aromatic N) is 3. The zero-order valence-corrected chi connectivity index (χ0v) is 21.7. The fraction of sp³-hybridized carbons (Fsp3) is 0.185. The first-order valence-corrected chi connectivity index (χ1v) is 13.3. The number of hydrogen-bond acceptors (Lipinski definition) is 7. The number of carbonyl (C=O) groups is 2. The number of aryl methyl sites for hydroxylation is 1. The molecule has 0 saturated carbocycles. The molecule has 2 aromatic heterocycles. The molecule has 2 aromatic carbocycles. The van der Waals surface area contributed by atoms with Gasteiger partial charge < -0.3 is 10.1 Å². The lowest BCUT2D eigenvalue weighted by molar-refractivity contribution is -0.113. The molecule has 1 N–H and O–H groups in total. The molecule has 0 aliphatic carbocycles. The predicted octanol–water partition coefficient (Wildman–Crippen LogP) is 6.08. The fourth-order valence-corrected chi connectivity index (χ4v) is 5.41. The van der Waals surface area contributed by atoms with Gasteiger partial charge in [0, 0.05) is 23.1 Å². The molecule has 0 atom stereocenters. The number of ether oxygens (including phenoxy) is 1. The summed E-state index contributed by atoms with van der Waals surface area (Å²) >= 11 is 2.58. The Bertz CT molecular complexity index is 1380. The standard InChI is InChI=1S/C27H26N4O3S2/c1-4-15-31-24(20-14-10-9-11-18(20)3)29-30-27(31)36-17-22(32)28-25-23(26(33)34-5-2)21(16-35-25)19-12-7-6-8-13-19/h4,6-14,16H,1,5,15,17H2,2-3H3,(H,28,32). The van der Waals surface area contributed by atoms with E-state index < -0.39 is 5.97 Å². The van der Waals surface area contributed by atoms with Crippen molar-refractivity contribution < 1.29 is 14.3 Å². The van der Waals surface area contributed by atoms with E-state index in [2.05, 4.69) is 22.1 Å². The molecule has 7 nitrogen and oxygen atoms in total. The highest BCUT2D eigenvalue weighted by molar-refractivity contribution is 7.99. The van der Waals surface area contributed by atoms with Crippen LogP contribution in [0.5, 0.6) is 0 Å². The Hall–Kier alpha value is -3.69. The van der Waals surface area contributed by atoms with Crippen molar-refractivity contribution >= 4 is 40.0 Å². The zero-order chi connectivity index (χ0) is 25.5. The minimum Gasteiger partial charge on any atom is -0.462 e. The summed E-state index contributed by atoms with van der Waals surface area (Å²) in [6, 6.07) is 17.5. The fourth-order valence-electron chi connectivity index (χ4n) is 3.69. The van der Waals surface area contributed by atoms with E-state index in [0.29, 0.717) is 22.3 Å². The summed E-state index contributed by atoms with van der Waals surface area (Å²) in [4.78, 5) is 25.7. The molecule has 9 heteroatoms. The van der Waals surface area contributed by atoms with Gasteiger partial charge >= 0.3 is 5.97 Å². The summed E-state index contributed by atoms with van der Waals surface area (Å²) < 4.78 is 7.22. The number of rotatable bonds is 10. The van der Waals surface area contributed by atoms with Crippen LogP contribution in [0.15, 0.2) is 77.8 Å². The molecule has 0 fully saturated rings. The first kappa shape index (κ1) is 25.4. The number of aromatic nitrogens is 3. The van der Waals surface area contributed by atoms with Crippen LogP contribution in [0.4, 0.5) is 5.00 Å². The SMILES string of the molecule is C=CCn1c(SCC(=O)Nc2scc(-c3ccccc3)c2C(=O)OCC)nnc1-c1ccccc1C. The first-order valence-electron chi connectivity index (χ1n) is 11.4. The lowest BCUT2D eigenvalue weighted by atomic mass is 10.0. The van der Waals surface area contributed by atoms with E-state index in [9.17, 15) is 9.59 Å². The van der Waals surface area contributed by atoms with Gasteiger partial charge in [0.25, 0.3) is 0 Å². The van der Waals surface area contributed by atoms with Crippen LogP contribution in [-0.4, -0.2) is 39.0 Å². The van der Waals surface area contributed by atoms with Crippen molar-refractivity contribution in [3.63, 3.8) is 0 Å². The number of carbonyl (C=O) groups excluding carboxylic acids is 2. The van der Waals surface area contributed by atoms with Crippen LogP contribution >= 0.6 is 23.1 Å². The van der Waals surface area contributed by atoms with Crippen LogP contribution in [0, 0.1) is 6.92 Å². The number of nitrogens with one attached hydrogen (secondary N) is 1. The van der Waals surface area contributed by atoms with Crippen molar-refractivity contribution in [1.29, 1.82) is 0 Å². The van der Waals surface area contributed by atoms with Gasteiger partial charge in [0.2, 0.25) is 5.91 Å². The van der Waals surface area contributed by atoms with Gasteiger partial charge in [0.15, 0.2) is 11.0 Å². The lowest BCUT2D eigenvalue weighted by Crippen LogP contribution is -2.17. The topological polar surface area (TPSA) is 86.1 Å². The van der Waals surface area contributed by atoms with Crippen LogP contribution in [-0.2, 0) is 16.1 Å². The summed E-state index contributed by atoms with van der Waals surface area (Å²) in [6.45, 7) is 8.38. The number of anilines is 1. The Morgan fingerprint density at radius 3 is 2.58 bits per heavy atom. The van der Waals surface area contributed by atoms with Crippen molar-refractivity contribution in [3.05, 3.63) is 83.8 Å². The Morgan fingerprint density at radius 2 is 1.86 bits per heavy atom. The molecular formula is C27H26N4O3S2. The van der Waals surface area contributed by atoms with Gasteiger partial charge in [-0.25, -0.2) is 4.79 Å². The minimum absolute atomic E-state index is 0.101. The van der Waals surface area contributed by atoms with Crippen LogP contribution < -0.4 is 5.32 Å². The van der Waals surface area contributed by atoms with Crippen molar-refractivity contribution in [1.82, 2.24) is 14.8 Å². The second-order valence-corrected chi connectivity index (χ2v) is 9.62. The highest BCUT2D eigenvalue weighted by atomic mass is 32.2. The number of thiophene rings is 1. The normalized spacial score (nSPS) is 10.7. The summed E-state index contributed by atoms with van der Waals surface area (Å²) in [5.41, 5.74) is 4.05. The molecule has 4 aromatic rings. The molecule has 0 radical (unpaired) electrons. The van der Waals surface area contributed by atoms with Crippen molar-refractivity contribution in [2.75, 3.05) is 17.7 Å². The maximum absolute atomic E-state index is 12.9. The maximum atomic E-state index is 12.9. The van der Waals surface area contributed by atoms with E-state index in [1.165, 1.54) is 23.1 Å². The number of allylic oxidation sites excluding steroid dienone is 1. The van der Waals surface area contributed by atoms with Crippen LogP contribution in [0.2, 0.25) is 0 Å². The van der Waals surface area contributed by atoms with Crippen LogP contribution in [0.1, 0.15) is 22.8 Å². The third kappa shape index (κ3) is 5.58. The molecule has 36 heavy (non-hydrogen) atoms. The molecule has 0 bridgehead atoms. The number of hydrogen-bond donors (Lipinski definition) is 1. The van der Waals surface area contributed by atoms with Gasteiger partial charge in [-0.05, 0) is 25.0 Å². The summed E-state index contributed by atoms with van der Waals surface area (Å²) in [5, 5.41) is 14.5. The highest BCUT2D eigenvalue weighted by Gasteiger charge is 2.23. The second-order valence-electron chi connectivity index (χ2n) is 7.80. The predicted molar refractivity (Wildman–Crippen MR) is 145 cm³/mol.